The monoisotopic (exact) mass is 259 g/mol. The number of rotatable bonds is 2. The summed E-state index contributed by atoms with van der Waals surface area (Å²) in [6.45, 7) is 5.05. The Labute approximate surface area is 104 Å². The lowest BCUT2D eigenvalue weighted by Gasteiger charge is -2.27. The van der Waals surface area contributed by atoms with E-state index in [9.17, 15) is 14.4 Å². The van der Waals surface area contributed by atoms with Crippen molar-refractivity contribution in [1.82, 2.24) is 4.90 Å². The van der Waals surface area contributed by atoms with Gasteiger partial charge in [0.1, 0.15) is 11.6 Å². The van der Waals surface area contributed by atoms with Crippen molar-refractivity contribution >= 4 is 18.0 Å². The van der Waals surface area contributed by atoms with Crippen molar-refractivity contribution in [1.29, 1.82) is 0 Å². The molecule has 0 aromatic heterocycles. The molecule has 1 aliphatic heterocycles. The van der Waals surface area contributed by atoms with Crippen molar-refractivity contribution in [2.24, 2.45) is 5.92 Å². The Hall–Kier alpha value is -1.79. The van der Waals surface area contributed by atoms with E-state index in [1.54, 1.807) is 20.8 Å². The quantitative estimate of drug-likeness (QED) is 0.759. The van der Waals surface area contributed by atoms with Gasteiger partial charge in [0, 0.05) is 6.54 Å². The minimum absolute atomic E-state index is 0.0723. The van der Waals surface area contributed by atoms with Gasteiger partial charge in [0.25, 0.3) is 0 Å². The van der Waals surface area contributed by atoms with Crippen molar-refractivity contribution < 1.29 is 29.3 Å². The fraction of sp³-hybridized carbons (Fsp3) is 0.727. The Morgan fingerprint density at radius 3 is 2.11 bits per heavy atom. The van der Waals surface area contributed by atoms with Crippen LogP contribution in [0.25, 0.3) is 0 Å². The average molecular weight is 259 g/mol. The molecular formula is C11H17NO6. The van der Waals surface area contributed by atoms with Crippen molar-refractivity contribution in [2.45, 2.75) is 38.8 Å². The predicted molar refractivity (Wildman–Crippen MR) is 60.1 cm³/mol. The summed E-state index contributed by atoms with van der Waals surface area (Å²) in [7, 11) is 0. The van der Waals surface area contributed by atoms with Crippen LogP contribution in [0.3, 0.4) is 0 Å². The third-order valence-electron chi connectivity index (χ3n) is 2.60. The molecule has 0 aromatic rings. The summed E-state index contributed by atoms with van der Waals surface area (Å²) in [5.41, 5.74) is -0.749. The summed E-state index contributed by atoms with van der Waals surface area (Å²) in [5, 5.41) is 18.0. The number of amides is 1. The Morgan fingerprint density at radius 1 is 1.17 bits per heavy atom. The zero-order valence-corrected chi connectivity index (χ0v) is 10.5. The molecule has 1 rings (SSSR count). The van der Waals surface area contributed by atoms with E-state index in [0.717, 1.165) is 4.90 Å². The standard InChI is InChI=1S/C11H17NO6/c1-11(2,3)18-10(17)12-5-4-6(8(13)14)7(12)9(15)16/h6-7H,4-5H2,1-3H3,(H,13,14)(H,15,16)/t6-,7+/m0/s1. The summed E-state index contributed by atoms with van der Waals surface area (Å²) >= 11 is 0. The van der Waals surface area contributed by atoms with Crippen LogP contribution in [0.15, 0.2) is 0 Å². The van der Waals surface area contributed by atoms with E-state index >= 15 is 0 Å². The molecule has 0 spiro atoms. The number of hydrogen-bond donors (Lipinski definition) is 2. The van der Waals surface area contributed by atoms with E-state index in [1.165, 1.54) is 0 Å². The Kier molecular flexibility index (Phi) is 3.83. The average Bonchev–Trinajstić information content (AvgIpc) is 2.58. The summed E-state index contributed by atoms with van der Waals surface area (Å²) in [6.07, 6.45) is -0.676. The van der Waals surface area contributed by atoms with Gasteiger partial charge in [-0.2, -0.15) is 0 Å². The van der Waals surface area contributed by atoms with Crippen molar-refractivity contribution in [3.63, 3.8) is 0 Å². The lowest BCUT2D eigenvalue weighted by atomic mass is 10.0. The number of carboxylic acid groups (broad SMARTS) is 2. The number of likely N-dealkylation sites (tertiary alicyclic amines) is 1. The second-order valence-corrected chi connectivity index (χ2v) is 5.19. The molecule has 7 heteroatoms. The van der Waals surface area contributed by atoms with E-state index in [2.05, 4.69) is 0 Å². The van der Waals surface area contributed by atoms with Gasteiger partial charge in [-0.3, -0.25) is 9.69 Å². The molecule has 0 bridgehead atoms. The molecule has 1 amide bonds. The predicted octanol–water partition coefficient (Wildman–Crippen LogP) is 0.781. The Balaban J connectivity index is 2.86. The fourth-order valence-electron chi connectivity index (χ4n) is 1.88. The van der Waals surface area contributed by atoms with Crippen LogP contribution >= 0.6 is 0 Å². The topological polar surface area (TPSA) is 104 Å². The van der Waals surface area contributed by atoms with Crippen molar-refractivity contribution in [2.75, 3.05) is 6.54 Å². The third kappa shape index (κ3) is 3.12. The lowest BCUT2D eigenvalue weighted by Crippen LogP contribution is -2.46. The first kappa shape index (κ1) is 14.3. The normalized spacial score (nSPS) is 23.8. The minimum Gasteiger partial charge on any atom is -0.481 e. The molecule has 2 atom stereocenters. The number of carbonyl (C=O) groups excluding carboxylic acids is 1. The van der Waals surface area contributed by atoms with Gasteiger partial charge in [0.2, 0.25) is 0 Å². The first-order chi connectivity index (χ1) is 8.13. The van der Waals surface area contributed by atoms with Crippen molar-refractivity contribution in [3.05, 3.63) is 0 Å². The highest BCUT2D eigenvalue weighted by molar-refractivity contribution is 5.87. The first-order valence-corrected chi connectivity index (χ1v) is 5.58. The Morgan fingerprint density at radius 2 is 1.72 bits per heavy atom. The summed E-state index contributed by atoms with van der Waals surface area (Å²) < 4.78 is 5.06. The molecule has 0 radical (unpaired) electrons. The first-order valence-electron chi connectivity index (χ1n) is 5.58. The molecule has 7 nitrogen and oxygen atoms in total. The maximum Gasteiger partial charge on any atom is 0.411 e. The Bertz CT molecular complexity index is 372. The van der Waals surface area contributed by atoms with Gasteiger partial charge in [-0.05, 0) is 27.2 Å². The van der Waals surface area contributed by atoms with Crippen LogP contribution in [0.2, 0.25) is 0 Å². The van der Waals surface area contributed by atoms with Crippen LogP contribution in [-0.4, -0.2) is 51.3 Å². The van der Waals surface area contributed by atoms with Gasteiger partial charge in [0.15, 0.2) is 0 Å². The van der Waals surface area contributed by atoms with Crippen molar-refractivity contribution in [3.8, 4) is 0 Å². The van der Waals surface area contributed by atoms with E-state index in [0.29, 0.717) is 0 Å². The van der Waals surface area contributed by atoms with Gasteiger partial charge >= 0.3 is 18.0 Å². The van der Waals surface area contributed by atoms with Gasteiger partial charge in [0.05, 0.1) is 5.92 Å². The molecule has 0 aromatic carbocycles. The number of carbonyl (C=O) groups is 3. The molecule has 1 fully saturated rings. The lowest BCUT2D eigenvalue weighted by molar-refractivity contribution is -0.151. The molecule has 102 valence electrons. The zero-order valence-electron chi connectivity index (χ0n) is 10.5. The maximum atomic E-state index is 11.8. The molecule has 2 N–H and O–H groups in total. The highest BCUT2D eigenvalue weighted by Crippen LogP contribution is 2.26. The van der Waals surface area contributed by atoms with Crippen LogP contribution in [0.4, 0.5) is 4.79 Å². The van der Waals surface area contributed by atoms with E-state index in [4.69, 9.17) is 14.9 Å². The SMILES string of the molecule is CC(C)(C)OC(=O)N1CC[C@H](C(=O)O)[C@@H]1C(=O)O. The minimum atomic E-state index is -1.36. The maximum absolute atomic E-state index is 11.8. The van der Waals surface area contributed by atoms with Crippen LogP contribution in [-0.2, 0) is 14.3 Å². The molecule has 0 unspecified atom stereocenters. The van der Waals surface area contributed by atoms with E-state index < -0.39 is 35.6 Å². The van der Waals surface area contributed by atoms with E-state index in [1.807, 2.05) is 0 Å². The third-order valence-corrected chi connectivity index (χ3v) is 2.60. The molecule has 1 aliphatic rings. The molecule has 1 saturated heterocycles. The summed E-state index contributed by atoms with van der Waals surface area (Å²) in [6, 6.07) is -1.36. The highest BCUT2D eigenvalue weighted by atomic mass is 16.6. The second kappa shape index (κ2) is 4.83. The van der Waals surface area contributed by atoms with Crippen LogP contribution in [0.5, 0.6) is 0 Å². The molecule has 1 heterocycles. The molecule has 18 heavy (non-hydrogen) atoms. The fourth-order valence-corrected chi connectivity index (χ4v) is 1.88. The van der Waals surface area contributed by atoms with Crippen LogP contribution in [0, 0.1) is 5.92 Å². The van der Waals surface area contributed by atoms with Crippen LogP contribution in [0.1, 0.15) is 27.2 Å². The summed E-state index contributed by atoms with van der Waals surface area (Å²) in [4.78, 5) is 34.8. The number of aliphatic carboxylic acids is 2. The van der Waals surface area contributed by atoms with Gasteiger partial charge in [-0.15, -0.1) is 0 Å². The van der Waals surface area contributed by atoms with Gasteiger partial charge in [-0.1, -0.05) is 0 Å². The molecular weight excluding hydrogens is 242 g/mol. The summed E-state index contributed by atoms with van der Waals surface area (Å²) in [5.74, 6) is -3.63. The number of carboxylic acids is 2. The van der Waals surface area contributed by atoms with Gasteiger partial charge < -0.3 is 14.9 Å². The van der Waals surface area contributed by atoms with Gasteiger partial charge in [-0.25, -0.2) is 9.59 Å². The number of hydrogen-bond acceptors (Lipinski definition) is 4. The van der Waals surface area contributed by atoms with E-state index in [-0.39, 0.29) is 13.0 Å². The molecule has 0 aliphatic carbocycles. The second-order valence-electron chi connectivity index (χ2n) is 5.19. The smallest absolute Gasteiger partial charge is 0.411 e. The molecule has 0 saturated carbocycles. The number of ether oxygens (including phenoxy) is 1. The zero-order chi connectivity index (χ0) is 14.1. The number of nitrogens with zero attached hydrogens (tertiary/aromatic N) is 1. The largest absolute Gasteiger partial charge is 0.481 e. The highest BCUT2D eigenvalue weighted by Gasteiger charge is 2.47. The van der Waals surface area contributed by atoms with Crippen LogP contribution < -0.4 is 0 Å².